The number of carbonyl (C=O) groups excluding carboxylic acids is 3. The molecular weight excluding hydrogens is 334 g/mol. The van der Waals surface area contributed by atoms with E-state index in [9.17, 15) is 14.4 Å². The molecular formula is C19H27N3O4. The van der Waals surface area contributed by atoms with Gasteiger partial charge in [-0.25, -0.2) is 4.79 Å². The maximum atomic E-state index is 12.5. The fourth-order valence-electron chi connectivity index (χ4n) is 3.00. The predicted molar refractivity (Wildman–Crippen MR) is 97.8 cm³/mol. The molecule has 0 heterocycles. The van der Waals surface area contributed by atoms with Gasteiger partial charge in [-0.15, -0.1) is 0 Å². The number of ether oxygens (including phenoxy) is 1. The summed E-state index contributed by atoms with van der Waals surface area (Å²) < 4.78 is 5.31. The van der Waals surface area contributed by atoms with Crippen LogP contribution in [0, 0.1) is 0 Å². The highest BCUT2D eigenvalue weighted by molar-refractivity contribution is 5.99. The molecule has 1 aromatic carbocycles. The summed E-state index contributed by atoms with van der Waals surface area (Å²) in [5, 5.41) is 5.82. The molecule has 2 atom stereocenters. The molecule has 0 saturated heterocycles. The molecule has 0 unspecified atom stereocenters. The average Bonchev–Trinajstić information content (AvgIpc) is 2.55. The third-order valence-electron chi connectivity index (χ3n) is 4.19. The zero-order valence-corrected chi connectivity index (χ0v) is 15.5. The quantitative estimate of drug-likeness (QED) is 0.764. The van der Waals surface area contributed by atoms with Crippen LogP contribution in [0.5, 0.6) is 0 Å². The van der Waals surface area contributed by atoms with E-state index >= 15 is 0 Å². The van der Waals surface area contributed by atoms with Crippen molar-refractivity contribution in [3.05, 3.63) is 35.4 Å². The summed E-state index contributed by atoms with van der Waals surface area (Å²) in [6.45, 7) is 5.41. The average molecular weight is 361 g/mol. The van der Waals surface area contributed by atoms with Gasteiger partial charge in [-0.1, -0.05) is 18.9 Å². The molecule has 26 heavy (non-hydrogen) atoms. The first-order valence-corrected chi connectivity index (χ1v) is 8.86. The number of alkyl carbamates (subject to hydrolysis) is 1. The zero-order valence-electron chi connectivity index (χ0n) is 15.5. The van der Waals surface area contributed by atoms with E-state index in [4.69, 9.17) is 10.5 Å². The second-order valence-corrected chi connectivity index (χ2v) is 7.56. The van der Waals surface area contributed by atoms with Gasteiger partial charge in [0.1, 0.15) is 5.60 Å². The Morgan fingerprint density at radius 3 is 2.19 bits per heavy atom. The van der Waals surface area contributed by atoms with Crippen molar-refractivity contribution in [3.63, 3.8) is 0 Å². The Kier molecular flexibility index (Phi) is 6.23. The van der Waals surface area contributed by atoms with E-state index in [0.29, 0.717) is 5.56 Å². The monoisotopic (exact) mass is 361 g/mol. The number of hydrogen-bond donors (Lipinski definition) is 3. The topological polar surface area (TPSA) is 111 Å². The van der Waals surface area contributed by atoms with Gasteiger partial charge in [-0.3, -0.25) is 9.59 Å². The van der Waals surface area contributed by atoms with Gasteiger partial charge in [0.25, 0.3) is 5.91 Å². The van der Waals surface area contributed by atoms with Gasteiger partial charge in [-0.2, -0.15) is 0 Å². The Morgan fingerprint density at radius 1 is 1.04 bits per heavy atom. The van der Waals surface area contributed by atoms with Crippen LogP contribution in [0.4, 0.5) is 4.79 Å². The second kappa shape index (κ2) is 8.21. The number of rotatable bonds is 4. The van der Waals surface area contributed by atoms with Crippen LogP contribution in [0.1, 0.15) is 67.2 Å². The lowest BCUT2D eigenvalue weighted by Crippen LogP contribution is -2.53. The summed E-state index contributed by atoms with van der Waals surface area (Å²) in [5.74, 6) is -0.877. The molecule has 7 heteroatoms. The summed E-state index contributed by atoms with van der Waals surface area (Å²) in [4.78, 5) is 35.9. The van der Waals surface area contributed by atoms with Crippen LogP contribution < -0.4 is 16.4 Å². The maximum absolute atomic E-state index is 12.5. The van der Waals surface area contributed by atoms with Crippen LogP contribution in [-0.4, -0.2) is 35.6 Å². The predicted octanol–water partition coefficient (Wildman–Crippen LogP) is 2.35. The minimum atomic E-state index is -0.582. The summed E-state index contributed by atoms with van der Waals surface area (Å²) in [6, 6.07) is 5.89. The number of carbonyl (C=O) groups is 3. The van der Waals surface area contributed by atoms with E-state index in [2.05, 4.69) is 10.6 Å². The minimum absolute atomic E-state index is 0.193. The Labute approximate surface area is 153 Å². The van der Waals surface area contributed by atoms with Crippen molar-refractivity contribution in [2.45, 2.75) is 64.1 Å². The SMILES string of the molecule is CC(C)(C)OC(=O)N[C@H]1CCCC[C@@H]1NC(=O)c1cccc(C(N)=O)c1. The maximum Gasteiger partial charge on any atom is 0.407 e. The Morgan fingerprint density at radius 2 is 1.62 bits per heavy atom. The number of nitrogens with one attached hydrogen (secondary N) is 2. The van der Waals surface area contributed by atoms with Crippen LogP contribution in [0.25, 0.3) is 0 Å². The fraction of sp³-hybridized carbons (Fsp3) is 0.526. The van der Waals surface area contributed by atoms with Gasteiger partial charge in [0.2, 0.25) is 5.91 Å². The minimum Gasteiger partial charge on any atom is -0.444 e. The number of primary amides is 1. The van der Waals surface area contributed by atoms with Crippen LogP contribution in [0.15, 0.2) is 24.3 Å². The van der Waals surface area contributed by atoms with E-state index in [-0.39, 0.29) is 23.6 Å². The molecule has 1 aromatic rings. The van der Waals surface area contributed by atoms with Crippen LogP contribution in [0.3, 0.4) is 0 Å². The van der Waals surface area contributed by atoms with Gasteiger partial charge in [-0.05, 0) is 51.8 Å². The first kappa shape index (κ1) is 19.8. The number of benzene rings is 1. The van der Waals surface area contributed by atoms with Crippen molar-refractivity contribution < 1.29 is 19.1 Å². The van der Waals surface area contributed by atoms with Crippen molar-refractivity contribution in [1.29, 1.82) is 0 Å². The third-order valence-corrected chi connectivity index (χ3v) is 4.19. The molecule has 0 aliphatic heterocycles. The lowest BCUT2D eigenvalue weighted by Gasteiger charge is -2.33. The molecule has 1 saturated carbocycles. The molecule has 4 N–H and O–H groups in total. The Balaban J connectivity index is 2.03. The van der Waals surface area contributed by atoms with E-state index in [1.807, 2.05) is 0 Å². The van der Waals surface area contributed by atoms with Crippen molar-refractivity contribution in [2.24, 2.45) is 5.73 Å². The molecule has 7 nitrogen and oxygen atoms in total. The normalized spacial score (nSPS) is 20.1. The number of nitrogens with two attached hydrogens (primary N) is 1. The van der Waals surface area contributed by atoms with E-state index < -0.39 is 17.6 Å². The lowest BCUT2D eigenvalue weighted by molar-refractivity contribution is 0.0474. The summed E-state index contributed by atoms with van der Waals surface area (Å²) in [7, 11) is 0. The third kappa shape index (κ3) is 5.75. The Bertz CT molecular complexity index is 682. The highest BCUT2D eigenvalue weighted by Gasteiger charge is 2.29. The van der Waals surface area contributed by atoms with E-state index in [1.165, 1.54) is 6.07 Å². The van der Waals surface area contributed by atoms with Gasteiger partial charge in [0.05, 0.1) is 6.04 Å². The standard InChI is InChI=1S/C19H27N3O4/c1-19(2,3)26-18(25)22-15-10-5-4-9-14(15)21-17(24)13-8-6-7-12(11-13)16(20)23/h6-8,11,14-15H,4-5,9-10H2,1-3H3,(H2,20,23)(H,21,24)(H,22,25)/t14-,15-/m0/s1. The molecule has 0 spiro atoms. The van der Waals surface area contributed by atoms with Crippen molar-refractivity contribution in [1.82, 2.24) is 10.6 Å². The second-order valence-electron chi connectivity index (χ2n) is 7.56. The first-order valence-electron chi connectivity index (χ1n) is 8.86. The van der Waals surface area contributed by atoms with Crippen LogP contribution >= 0.6 is 0 Å². The van der Waals surface area contributed by atoms with Crippen LogP contribution in [0.2, 0.25) is 0 Å². The lowest BCUT2D eigenvalue weighted by atomic mass is 9.90. The summed E-state index contributed by atoms with van der Waals surface area (Å²) in [5.41, 5.74) is 5.33. The van der Waals surface area contributed by atoms with Crippen molar-refractivity contribution in [2.75, 3.05) is 0 Å². The molecule has 3 amide bonds. The highest BCUT2D eigenvalue weighted by atomic mass is 16.6. The molecule has 1 fully saturated rings. The molecule has 0 aromatic heterocycles. The van der Waals surface area contributed by atoms with Gasteiger partial charge in [0.15, 0.2) is 0 Å². The molecule has 0 bridgehead atoms. The smallest absolute Gasteiger partial charge is 0.407 e. The fourth-order valence-corrected chi connectivity index (χ4v) is 3.00. The number of hydrogen-bond acceptors (Lipinski definition) is 4. The van der Waals surface area contributed by atoms with E-state index in [1.54, 1.807) is 39.0 Å². The summed E-state index contributed by atoms with van der Waals surface area (Å²) >= 11 is 0. The molecule has 1 aliphatic rings. The largest absolute Gasteiger partial charge is 0.444 e. The van der Waals surface area contributed by atoms with Gasteiger partial charge in [0, 0.05) is 17.2 Å². The van der Waals surface area contributed by atoms with E-state index in [0.717, 1.165) is 25.7 Å². The van der Waals surface area contributed by atoms with Gasteiger partial charge >= 0.3 is 6.09 Å². The molecule has 1 aliphatic carbocycles. The first-order chi connectivity index (χ1) is 12.2. The molecule has 2 rings (SSSR count). The molecule has 0 radical (unpaired) electrons. The molecule has 142 valence electrons. The summed E-state index contributed by atoms with van der Waals surface area (Å²) in [6.07, 6.45) is 3.00. The van der Waals surface area contributed by atoms with Crippen molar-refractivity contribution in [3.8, 4) is 0 Å². The van der Waals surface area contributed by atoms with Gasteiger partial charge < -0.3 is 21.1 Å². The zero-order chi connectivity index (χ0) is 19.3. The highest BCUT2D eigenvalue weighted by Crippen LogP contribution is 2.20. The number of amides is 3. The van der Waals surface area contributed by atoms with Crippen molar-refractivity contribution >= 4 is 17.9 Å². The van der Waals surface area contributed by atoms with Crippen LogP contribution in [-0.2, 0) is 4.74 Å². The Hall–Kier alpha value is -2.57.